The van der Waals surface area contributed by atoms with E-state index in [1.807, 2.05) is 31.2 Å². The fraction of sp³-hybridized carbons (Fsp3) is 0.263. The zero-order chi connectivity index (χ0) is 18.9. The van der Waals surface area contributed by atoms with Crippen molar-refractivity contribution < 1.29 is 14.3 Å². The van der Waals surface area contributed by atoms with Gasteiger partial charge in [0.2, 0.25) is 0 Å². The van der Waals surface area contributed by atoms with Gasteiger partial charge in [-0.3, -0.25) is 4.79 Å². The molecule has 0 aliphatic carbocycles. The molecule has 6 nitrogen and oxygen atoms in total. The molecule has 138 valence electrons. The number of hydrogen-bond donors (Lipinski definition) is 3. The van der Waals surface area contributed by atoms with E-state index in [2.05, 4.69) is 16.0 Å². The number of methoxy groups -OCH3 is 1. The molecule has 0 atom stereocenters. The van der Waals surface area contributed by atoms with Crippen LogP contribution in [0.15, 0.2) is 42.5 Å². The van der Waals surface area contributed by atoms with E-state index in [1.54, 1.807) is 25.3 Å². The number of halogens is 1. The fourth-order valence-corrected chi connectivity index (χ4v) is 2.58. The number of anilines is 1. The van der Waals surface area contributed by atoms with Crippen LogP contribution in [0.25, 0.3) is 0 Å². The first-order chi connectivity index (χ1) is 12.5. The average molecular weight is 376 g/mol. The minimum absolute atomic E-state index is 0.261. The smallest absolute Gasteiger partial charge is 0.319 e. The molecule has 2 rings (SSSR count). The maximum Gasteiger partial charge on any atom is 0.319 e. The summed E-state index contributed by atoms with van der Waals surface area (Å²) >= 11 is 6.15. The Labute approximate surface area is 157 Å². The molecule has 0 saturated heterocycles. The van der Waals surface area contributed by atoms with E-state index >= 15 is 0 Å². The summed E-state index contributed by atoms with van der Waals surface area (Å²) in [5.41, 5.74) is 3.00. The van der Waals surface area contributed by atoms with Crippen LogP contribution in [0.1, 0.15) is 21.5 Å². The van der Waals surface area contributed by atoms with E-state index < -0.39 is 0 Å². The topological polar surface area (TPSA) is 79.5 Å². The Kier molecular flexibility index (Phi) is 7.44. The summed E-state index contributed by atoms with van der Waals surface area (Å²) in [5.74, 6) is -0.289. The van der Waals surface area contributed by atoms with Gasteiger partial charge in [-0.05, 0) is 30.7 Å². The number of amides is 3. The van der Waals surface area contributed by atoms with E-state index in [0.717, 1.165) is 11.1 Å². The fourth-order valence-electron chi connectivity index (χ4n) is 2.32. The molecule has 3 N–H and O–H groups in total. The van der Waals surface area contributed by atoms with Gasteiger partial charge in [0.1, 0.15) is 0 Å². The van der Waals surface area contributed by atoms with Crippen LogP contribution in [-0.4, -0.2) is 32.2 Å². The highest BCUT2D eigenvalue weighted by Crippen LogP contribution is 2.21. The number of carbonyl (C=O) groups is 2. The highest BCUT2D eigenvalue weighted by Gasteiger charge is 2.11. The number of hydrogen-bond acceptors (Lipinski definition) is 3. The lowest BCUT2D eigenvalue weighted by Gasteiger charge is -2.10. The lowest BCUT2D eigenvalue weighted by molar-refractivity contribution is 0.0937. The van der Waals surface area contributed by atoms with Crippen molar-refractivity contribution in [2.75, 3.05) is 25.6 Å². The summed E-state index contributed by atoms with van der Waals surface area (Å²) in [4.78, 5) is 24.0. The first kappa shape index (κ1) is 19.8. The number of urea groups is 1. The summed E-state index contributed by atoms with van der Waals surface area (Å²) in [6, 6.07) is 12.3. The third-order valence-corrected chi connectivity index (χ3v) is 3.91. The molecule has 0 saturated carbocycles. The third kappa shape index (κ3) is 6.06. The Balaban J connectivity index is 1.90. The Bertz CT molecular complexity index is 780. The molecule has 3 amide bonds. The van der Waals surface area contributed by atoms with Gasteiger partial charge in [-0.25, -0.2) is 4.79 Å². The van der Waals surface area contributed by atoms with Crippen molar-refractivity contribution in [1.29, 1.82) is 0 Å². The molecule has 0 radical (unpaired) electrons. The molecule has 0 aliphatic rings. The van der Waals surface area contributed by atoms with Gasteiger partial charge in [-0.2, -0.15) is 0 Å². The van der Waals surface area contributed by atoms with Crippen molar-refractivity contribution in [2.24, 2.45) is 0 Å². The average Bonchev–Trinajstić information content (AvgIpc) is 2.60. The third-order valence-electron chi connectivity index (χ3n) is 3.60. The molecule has 0 heterocycles. The first-order valence-corrected chi connectivity index (χ1v) is 8.54. The molecule has 0 spiro atoms. The van der Waals surface area contributed by atoms with Crippen LogP contribution >= 0.6 is 11.6 Å². The Morgan fingerprint density at radius 3 is 2.62 bits per heavy atom. The molecular formula is C19H22ClN3O3. The Morgan fingerprint density at radius 1 is 1.12 bits per heavy atom. The molecule has 2 aromatic carbocycles. The maximum absolute atomic E-state index is 12.0. The molecule has 0 aromatic heterocycles. The first-order valence-electron chi connectivity index (χ1n) is 8.16. The number of aryl methyl sites for hydroxylation is 1. The van der Waals surface area contributed by atoms with Crippen LogP contribution in [-0.2, 0) is 11.3 Å². The van der Waals surface area contributed by atoms with Crippen LogP contribution in [0.3, 0.4) is 0 Å². The second-order valence-corrected chi connectivity index (χ2v) is 6.15. The van der Waals surface area contributed by atoms with Gasteiger partial charge < -0.3 is 20.7 Å². The van der Waals surface area contributed by atoms with E-state index in [1.165, 1.54) is 0 Å². The van der Waals surface area contributed by atoms with Crippen LogP contribution in [0.2, 0.25) is 5.02 Å². The van der Waals surface area contributed by atoms with Crippen molar-refractivity contribution in [2.45, 2.75) is 13.5 Å². The van der Waals surface area contributed by atoms with Gasteiger partial charge in [0, 0.05) is 25.9 Å². The SMILES string of the molecule is COCCNC(=O)c1ccc(NC(=O)NCc2cccc(C)c2)cc1Cl. The van der Waals surface area contributed by atoms with Crippen LogP contribution in [0.5, 0.6) is 0 Å². The zero-order valence-corrected chi connectivity index (χ0v) is 15.5. The molecule has 0 fully saturated rings. The highest BCUT2D eigenvalue weighted by atomic mass is 35.5. The molecule has 26 heavy (non-hydrogen) atoms. The number of rotatable bonds is 7. The second kappa shape index (κ2) is 9.79. The number of nitrogens with one attached hydrogen (secondary N) is 3. The monoisotopic (exact) mass is 375 g/mol. The van der Waals surface area contributed by atoms with Gasteiger partial charge in [-0.1, -0.05) is 41.4 Å². The minimum Gasteiger partial charge on any atom is -0.383 e. The van der Waals surface area contributed by atoms with E-state index in [9.17, 15) is 9.59 Å². The largest absolute Gasteiger partial charge is 0.383 e. The van der Waals surface area contributed by atoms with Crippen molar-refractivity contribution in [3.05, 3.63) is 64.2 Å². The second-order valence-electron chi connectivity index (χ2n) is 5.74. The molecule has 7 heteroatoms. The number of carbonyl (C=O) groups excluding carboxylic acids is 2. The van der Waals surface area contributed by atoms with Crippen LogP contribution < -0.4 is 16.0 Å². The summed E-state index contributed by atoms with van der Waals surface area (Å²) < 4.78 is 4.88. The van der Waals surface area contributed by atoms with Crippen molar-refractivity contribution >= 4 is 29.2 Å². The summed E-state index contributed by atoms with van der Waals surface area (Å²) in [7, 11) is 1.56. The predicted molar refractivity (Wildman–Crippen MR) is 103 cm³/mol. The lowest BCUT2D eigenvalue weighted by atomic mass is 10.1. The van der Waals surface area contributed by atoms with E-state index in [0.29, 0.717) is 30.9 Å². The maximum atomic E-state index is 12.0. The lowest BCUT2D eigenvalue weighted by Crippen LogP contribution is -2.28. The minimum atomic E-state index is -0.347. The quantitative estimate of drug-likeness (QED) is 0.649. The normalized spacial score (nSPS) is 10.3. The van der Waals surface area contributed by atoms with Crippen molar-refractivity contribution in [3.8, 4) is 0 Å². The van der Waals surface area contributed by atoms with Crippen molar-refractivity contribution in [3.63, 3.8) is 0 Å². The van der Waals surface area contributed by atoms with Gasteiger partial charge in [-0.15, -0.1) is 0 Å². The van der Waals surface area contributed by atoms with Gasteiger partial charge in [0.05, 0.1) is 17.2 Å². The van der Waals surface area contributed by atoms with Crippen molar-refractivity contribution in [1.82, 2.24) is 10.6 Å². The van der Waals surface area contributed by atoms with Crippen LogP contribution in [0, 0.1) is 6.92 Å². The van der Waals surface area contributed by atoms with Gasteiger partial charge >= 0.3 is 6.03 Å². The van der Waals surface area contributed by atoms with E-state index in [-0.39, 0.29) is 17.0 Å². The van der Waals surface area contributed by atoms with Gasteiger partial charge in [0.25, 0.3) is 5.91 Å². The Morgan fingerprint density at radius 2 is 1.92 bits per heavy atom. The molecule has 2 aromatic rings. The Hall–Kier alpha value is -2.57. The molecule has 0 aliphatic heterocycles. The summed E-state index contributed by atoms with van der Waals surface area (Å²) in [6.07, 6.45) is 0. The highest BCUT2D eigenvalue weighted by molar-refractivity contribution is 6.34. The number of ether oxygens (including phenoxy) is 1. The molecule has 0 bridgehead atoms. The summed E-state index contributed by atoms with van der Waals surface area (Å²) in [5, 5.41) is 8.44. The molecular weight excluding hydrogens is 354 g/mol. The van der Waals surface area contributed by atoms with E-state index in [4.69, 9.17) is 16.3 Å². The standard InChI is InChI=1S/C19H22ClN3O3/c1-13-4-3-5-14(10-13)12-22-19(25)23-15-6-7-16(17(20)11-15)18(24)21-8-9-26-2/h3-7,10-11H,8-9,12H2,1-2H3,(H,21,24)(H2,22,23,25). The summed E-state index contributed by atoms with van der Waals surface area (Å²) in [6.45, 7) is 3.23. The number of benzene rings is 2. The van der Waals surface area contributed by atoms with Crippen LogP contribution in [0.4, 0.5) is 10.5 Å². The van der Waals surface area contributed by atoms with Gasteiger partial charge in [0.15, 0.2) is 0 Å². The zero-order valence-electron chi connectivity index (χ0n) is 14.8. The predicted octanol–water partition coefficient (Wildman–Crippen LogP) is 3.35. The molecule has 0 unspecified atom stereocenters.